The second-order valence-corrected chi connectivity index (χ2v) is 4.81. The number of imidazole rings is 1. The number of para-hydroxylation sites is 2. The van der Waals surface area contributed by atoms with Gasteiger partial charge in [0.15, 0.2) is 0 Å². The zero-order valence-electron chi connectivity index (χ0n) is 11.7. The minimum Gasteiger partial charge on any atom is -0.477 e. The van der Waals surface area contributed by atoms with Crippen LogP contribution in [0.1, 0.15) is 28.8 Å². The normalized spacial score (nSPS) is 10.9. The number of nitrogens with zero attached hydrogens (tertiary/aromatic N) is 3. The second kappa shape index (κ2) is 5.36. The first-order valence-electron chi connectivity index (χ1n) is 6.81. The molecule has 0 atom stereocenters. The average molecular weight is 281 g/mol. The first-order valence-corrected chi connectivity index (χ1v) is 6.81. The molecule has 0 saturated carbocycles. The standard InChI is InChI=1S/C16H15N3O2/c1-2-15-18-12-5-3-4-6-14(12)19(15)10-11-7-8-17-13(9-11)16(20)21/h3-9H,2,10H2,1H3,(H,20,21). The van der Waals surface area contributed by atoms with Gasteiger partial charge in [-0.05, 0) is 29.8 Å². The van der Waals surface area contributed by atoms with Crippen LogP contribution in [0.25, 0.3) is 11.0 Å². The quantitative estimate of drug-likeness (QED) is 0.798. The number of pyridine rings is 1. The summed E-state index contributed by atoms with van der Waals surface area (Å²) < 4.78 is 2.12. The van der Waals surface area contributed by atoms with Crippen molar-refractivity contribution in [2.24, 2.45) is 0 Å². The summed E-state index contributed by atoms with van der Waals surface area (Å²) in [7, 11) is 0. The average Bonchev–Trinajstić information content (AvgIpc) is 2.86. The van der Waals surface area contributed by atoms with Crippen LogP contribution in [0.2, 0.25) is 0 Å². The molecule has 0 aliphatic heterocycles. The monoisotopic (exact) mass is 281 g/mol. The number of carboxylic acid groups (broad SMARTS) is 1. The van der Waals surface area contributed by atoms with Crippen LogP contribution in [0.4, 0.5) is 0 Å². The molecule has 0 saturated heterocycles. The molecular formula is C16H15N3O2. The molecule has 0 fully saturated rings. The van der Waals surface area contributed by atoms with Gasteiger partial charge in [0, 0.05) is 19.2 Å². The van der Waals surface area contributed by atoms with Crippen molar-refractivity contribution in [3.05, 3.63) is 59.7 Å². The molecule has 1 N–H and O–H groups in total. The van der Waals surface area contributed by atoms with Gasteiger partial charge >= 0.3 is 5.97 Å². The van der Waals surface area contributed by atoms with E-state index in [0.29, 0.717) is 6.54 Å². The molecule has 0 bridgehead atoms. The van der Waals surface area contributed by atoms with Crippen LogP contribution in [0, 0.1) is 0 Å². The Morgan fingerprint density at radius 2 is 2.10 bits per heavy atom. The van der Waals surface area contributed by atoms with Crippen LogP contribution in [0.15, 0.2) is 42.6 Å². The van der Waals surface area contributed by atoms with Crippen LogP contribution in [0.3, 0.4) is 0 Å². The molecule has 1 aromatic carbocycles. The highest BCUT2D eigenvalue weighted by Crippen LogP contribution is 2.18. The molecule has 0 aliphatic carbocycles. The number of aromatic nitrogens is 3. The predicted octanol–water partition coefficient (Wildman–Crippen LogP) is 2.74. The Labute approximate surface area is 121 Å². The van der Waals surface area contributed by atoms with E-state index in [1.165, 1.54) is 6.20 Å². The number of hydrogen-bond donors (Lipinski definition) is 1. The van der Waals surface area contributed by atoms with Crippen LogP contribution in [0.5, 0.6) is 0 Å². The third-order valence-electron chi connectivity index (χ3n) is 3.43. The molecule has 21 heavy (non-hydrogen) atoms. The molecule has 3 aromatic rings. The maximum Gasteiger partial charge on any atom is 0.354 e. The molecule has 3 rings (SSSR count). The third kappa shape index (κ3) is 2.50. The van der Waals surface area contributed by atoms with Crippen LogP contribution < -0.4 is 0 Å². The lowest BCUT2D eigenvalue weighted by Gasteiger charge is -2.08. The van der Waals surface area contributed by atoms with Crippen molar-refractivity contribution in [3.8, 4) is 0 Å². The number of aryl methyl sites for hydroxylation is 1. The van der Waals surface area contributed by atoms with Crippen molar-refractivity contribution in [1.29, 1.82) is 0 Å². The molecule has 106 valence electrons. The van der Waals surface area contributed by atoms with E-state index in [9.17, 15) is 4.79 Å². The molecule has 0 radical (unpaired) electrons. The lowest BCUT2D eigenvalue weighted by molar-refractivity contribution is 0.0690. The molecule has 0 aliphatic rings. The second-order valence-electron chi connectivity index (χ2n) is 4.81. The Bertz CT molecular complexity index is 808. The van der Waals surface area contributed by atoms with Gasteiger partial charge in [-0.3, -0.25) is 0 Å². The van der Waals surface area contributed by atoms with E-state index in [2.05, 4.69) is 21.5 Å². The highest BCUT2D eigenvalue weighted by atomic mass is 16.4. The van der Waals surface area contributed by atoms with Gasteiger partial charge < -0.3 is 9.67 Å². The fourth-order valence-electron chi connectivity index (χ4n) is 2.44. The lowest BCUT2D eigenvalue weighted by atomic mass is 10.2. The topological polar surface area (TPSA) is 68.0 Å². The highest BCUT2D eigenvalue weighted by molar-refractivity contribution is 5.85. The number of fused-ring (bicyclic) bond motifs is 1. The van der Waals surface area contributed by atoms with Gasteiger partial charge in [-0.15, -0.1) is 0 Å². The van der Waals surface area contributed by atoms with E-state index in [-0.39, 0.29) is 5.69 Å². The van der Waals surface area contributed by atoms with E-state index >= 15 is 0 Å². The van der Waals surface area contributed by atoms with Crippen molar-refractivity contribution >= 4 is 17.0 Å². The molecule has 0 amide bonds. The van der Waals surface area contributed by atoms with Crippen molar-refractivity contribution < 1.29 is 9.90 Å². The maximum absolute atomic E-state index is 11.0. The highest BCUT2D eigenvalue weighted by Gasteiger charge is 2.11. The summed E-state index contributed by atoms with van der Waals surface area (Å²) >= 11 is 0. The molecule has 5 heteroatoms. The summed E-state index contributed by atoms with van der Waals surface area (Å²) in [5, 5.41) is 9.03. The summed E-state index contributed by atoms with van der Waals surface area (Å²) in [4.78, 5) is 19.5. The van der Waals surface area contributed by atoms with Crippen molar-refractivity contribution in [2.45, 2.75) is 19.9 Å². The van der Waals surface area contributed by atoms with Crippen molar-refractivity contribution in [3.63, 3.8) is 0 Å². The van der Waals surface area contributed by atoms with Gasteiger partial charge in [0.25, 0.3) is 0 Å². The SMILES string of the molecule is CCc1nc2ccccc2n1Cc1ccnc(C(=O)O)c1. The van der Waals surface area contributed by atoms with Crippen LogP contribution >= 0.6 is 0 Å². The summed E-state index contributed by atoms with van der Waals surface area (Å²) in [6, 6.07) is 11.4. The Balaban J connectivity index is 2.05. The summed E-state index contributed by atoms with van der Waals surface area (Å²) in [5.41, 5.74) is 2.99. The zero-order chi connectivity index (χ0) is 14.8. The molecule has 2 aromatic heterocycles. The number of carboxylic acids is 1. The van der Waals surface area contributed by atoms with Crippen LogP contribution in [-0.2, 0) is 13.0 Å². The Kier molecular flexibility index (Phi) is 3.39. The fourth-order valence-corrected chi connectivity index (χ4v) is 2.44. The largest absolute Gasteiger partial charge is 0.477 e. The Morgan fingerprint density at radius 1 is 1.29 bits per heavy atom. The first kappa shape index (κ1) is 13.3. The fraction of sp³-hybridized carbons (Fsp3) is 0.188. The number of aromatic carboxylic acids is 1. The van der Waals surface area contributed by atoms with Gasteiger partial charge in [0.05, 0.1) is 11.0 Å². The summed E-state index contributed by atoms with van der Waals surface area (Å²) in [5.74, 6) is -0.0204. The van der Waals surface area contributed by atoms with E-state index < -0.39 is 5.97 Å². The van der Waals surface area contributed by atoms with Gasteiger partial charge in [0.1, 0.15) is 11.5 Å². The minimum absolute atomic E-state index is 0.0648. The summed E-state index contributed by atoms with van der Waals surface area (Å²) in [6.45, 7) is 2.65. The first-order chi connectivity index (χ1) is 10.2. The van der Waals surface area contributed by atoms with Gasteiger partial charge in [-0.25, -0.2) is 14.8 Å². The Hall–Kier alpha value is -2.69. The van der Waals surface area contributed by atoms with Crippen LogP contribution in [-0.4, -0.2) is 25.6 Å². The van der Waals surface area contributed by atoms with Crippen molar-refractivity contribution in [2.75, 3.05) is 0 Å². The third-order valence-corrected chi connectivity index (χ3v) is 3.43. The predicted molar refractivity (Wildman–Crippen MR) is 79.4 cm³/mol. The molecule has 0 spiro atoms. The summed E-state index contributed by atoms with van der Waals surface area (Å²) in [6.07, 6.45) is 2.36. The van der Waals surface area contributed by atoms with Gasteiger partial charge in [-0.1, -0.05) is 19.1 Å². The molecule has 0 unspecified atom stereocenters. The molecular weight excluding hydrogens is 266 g/mol. The molecule has 5 nitrogen and oxygen atoms in total. The number of rotatable bonds is 4. The lowest BCUT2D eigenvalue weighted by Crippen LogP contribution is -2.07. The van der Waals surface area contributed by atoms with Gasteiger partial charge in [-0.2, -0.15) is 0 Å². The number of carbonyl (C=O) groups is 1. The van der Waals surface area contributed by atoms with Crippen molar-refractivity contribution in [1.82, 2.24) is 14.5 Å². The molecule has 2 heterocycles. The van der Waals surface area contributed by atoms with E-state index in [4.69, 9.17) is 5.11 Å². The maximum atomic E-state index is 11.0. The van der Waals surface area contributed by atoms with E-state index in [1.54, 1.807) is 6.07 Å². The van der Waals surface area contributed by atoms with E-state index in [0.717, 1.165) is 28.8 Å². The van der Waals surface area contributed by atoms with E-state index in [1.807, 2.05) is 30.3 Å². The minimum atomic E-state index is -1.01. The number of hydrogen-bond acceptors (Lipinski definition) is 3. The smallest absolute Gasteiger partial charge is 0.354 e. The zero-order valence-corrected chi connectivity index (χ0v) is 11.7. The number of benzene rings is 1. The van der Waals surface area contributed by atoms with Gasteiger partial charge in [0.2, 0.25) is 0 Å². The Morgan fingerprint density at radius 3 is 2.86 bits per heavy atom.